The molecule has 0 radical (unpaired) electrons. The van der Waals surface area contributed by atoms with Gasteiger partial charge >= 0.3 is 12.0 Å². The van der Waals surface area contributed by atoms with Gasteiger partial charge < -0.3 is 20.4 Å². The highest BCUT2D eigenvalue weighted by Gasteiger charge is 2.24. The number of amides is 1. The fourth-order valence-corrected chi connectivity index (χ4v) is 1.58. The molecular formula is C12H13N3O5. The van der Waals surface area contributed by atoms with E-state index in [1.54, 1.807) is 6.92 Å². The first-order valence-electron chi connectivity index (χ1n) is 5.84. The molecule has 0 saturated carbocycles. The van der Waals surface area contributed by atoms with Gasteiger partial charge in [0.05, 0.1) is 6.04 Å². The summed E-state index contributed by atoms with van der Waals surface area (Å²) in [5, 5.41) is 25.9. The summed E-state index contributed by atoms with van der Waals surface area (Å²) in [6, 6.07) is 8.93. The zero-order valence-corrected chi connectivity index (χ0v) is 10.6. The third-order valence-electron chi connectivity index (χ3n) is 2.61. The molecule has 2 N–H and O–H groups in total. The lowest BCUT2D eigenvalue weighted by atomic mass is 10.1. The van der Waals surface area contributed by atoms with E-state index in [0.717, 1.165) is 5.56 Å². The molecule has 1 heterocycles. The number of aromatic nitrogens is 2. The van der Waals surface area contributed by atoms with Crippen LogP contribution in [0.5, 0.6) is 5.88 Å². The smallest absolute Gasteiger partial charge is 0.387 e. The molecule has 1 aromatic carbocycles. The average Bonchev–Trinajstić information content (AvgIpc) is 2.80. The number of benzene rings is 1. The Bertz CT molecular complexity index is 584. The Morgan fingerprint density at radius 3 is 2.90 bits per heavy atom. The minimum absolute atomic E-state index is 0.0850. The first-order valence-corrected chi connectivity index (χ1v) is 5.84. The summed E-state index contributed by atoms with van der Waals surface area (Å²) in [6.07, 6.45) is -0.844. The predicted molar refractivity (Wildman–Crippen MR) is 65.4 cm³/mol. The van der Waals surface area contributed by atoms with Gasteiger partial charge in [-0.15, -0.1) is 0 Å². The van der Waals surface area contributed by atoms with E-state index in [4.69, 9.17) is 9.84 Å². The van der Waals surface area contributed by atoms with Crippen LogP contribution in [-0.2, 0) is 6.61 Å². The van der Waals surface area contributed by atoms with Crippen molar-refractivity contribution >= 4 is 6.09 Å². The average molecular weight is 279 g/mol. The van der Waals surface area contributed by atoms with Crippen molar-refractivity contribution in [3.05, 3.63) is 46.8 Å². The van der Waals surface area contributed by atoms with Gasteiger partial charge in [0, 0.05) is 5.16 Å². The Hall–Kier alpha value is -2.61. The molecule has 0 aliphatic rings. The van der Waals surface area contributed by atoms with Gasteiger partial charge in [0.2, 0.25) is 0 Å². The molecule has 1 amide bonds. The number of hydrogen-bond acceptors (Lipinski definition) is 6. The zero-order chi connectivity index (χ0) is 14.5. The largest absolute Gasteiger partial charge is 0.416 e. The second-order valence-electron chi connectivity index (χ2n) is 4.01. The van der Waals surface area contributed by atoms with Crippen molar-refractivity contribution in [3.63, 3.8) is 0 Å². The number of hydrogen-bond donors (Lipinski definition) is 2. The molecule has 8 heteroatoms. The van der Waals surface area contributed by atoms with Gasteiger partial charge in [0.1, 0.15) is 6.61 Å². The van der Waals surface area contributed by atoms with Crippen molar-refractivity contribution in [2.75, 3.05) is 0 Å². The molecule has 2 aromatic rings. The zero-order valence-electron chi connectivity index (χ0n) is 10.6. The lowest BCUT2D eigenvalue weighted by molar-refractivity contribution is -0.804. The quantitative estimate of drug-likeness (QED) is 0.795. The summed E-state index contributed by atoms with van der Waals surface area (Å²) in [6.45, 7) is 1.19. The number of nitrogens with zero attached hydrogens (tertiary/aromatic N) is 2. The van der Waals surface area contributed by atoms with E-state index in [9.17, 15) is 10.0 Å². The van der Waals surface area contributed by atoms with Crippen molar-refractivity contribution in [1.82, 2.24) is 10.5 Å². The lowest BCUT2D eigenvalue weighted by Crippen LogP contribution is -2.34. The van der Waals surface area contributed by atoms with Crippen LogP contribution in [0.15, 0.2) is 35.0 Å². The number of aliphatic hydroxyl groups excluding tert-OH is 1. The van der Waals surface area contributed by atoms with Gasteiger partial charge in [-0.1, -0.05) is 30.3 Å². The van der Waals surface area contributed by atoms with E-state index >= 15 is 0 Å². The molecule has 106 valence electrons. The Morgan fingerprint density at radius 1 is 1.55 bits per heavy atom. The number of rotatable bonds is 4. The minimum atomic E-state index is -0.844. The number of aliphatic hydroxyl groups is 1. The lowest BCUT2D eigenvalue weighted by Gasteiger charge is -2.13. The summed E-state index contributed by atoms with van der Waals surface area (Å²) in [4.78, 5) is 11.6. The molecule has 1 aromatic heterocycles. The first kappa shape index (κ1) is 13.8. The highest BCUT2D eigenvalue weighted by atomic mass is 16.8. The van der Waals surface area contributed by atoms with Crippen LogP contribution in [0.3, 0.4) is 0 Å². The second-order valence-corrected chi connectivity index (χ2v) is 4.01. The van der Waals surface area contributed by atoms with E-state index in [1.165, 1.54) is 0 Å². The topological polar surface area (TPSA) is 112 Å². The SMILES string of the molecule is C[C@@H](NC(=O)Oc1c(CO)no[n+]1[O-])c1ccccc1. The monoisotopic (exact) mass is 279 g/mol. The van der Waals surface area contributed by atoms with Gasteiger partial charge in [0.15, 0.2) is 0 Å². The molecule has 1 atom stereocenters. The van der Waals surface area contributed by atoms with Crippen molar-refractivity contribution < 1.29 is 24.2 Å². The summed E-state index contributed by atoms with van der Waals surface area (Å²) in [5.41, 5.74) is 0.731. The van der Waals surface area contributed by atoms with E-state index in [1.807, 2.05) is 30.3 Å². The highest BCUT2D eigenvalue weighted by Crippen LogP contribution is 2.13. The molecule has 20 heavy (non-hydrogen) atoms. The maximum Gasteiger partial charge on any atom is 0.416 e. The Labute approximate surface area is 114 Å². The van der Waals surface area contributed by atoms with Crippen LogP contribution in [0.25, 0.3) is 0 Å². The van der Waals surface area contributed by atoms with E-state index in [2.05, 4.69) is 15.1 Å². The molecule has 0 bridgehead atoms. The number of carbonyl (C=O) groups excluding carboxylic acids is 1. The minimum Gasteiger partial charge on any atom is -0.387 e. The molecule has 0 fully saturated rings. The van der Waals surface area contributed by atoms with E-state index in [-0.39, 0.29) is 16.6 Å². The van der Waals surface area contributed by atoms with Crippen LogP contribution in [-0.4, -0.2) is 16.4 Å². The third-order valence-corrected chi connectivity index (χ3v) is 2.61. The van der Waals surface area contributed by atoms with Crippen molar-refractivity contribution in [1.29, 1.82) is 0 Å². The Kier molecular flexibility index (Phi) is 4.16. The molecule has 0 saturated heterocycles. The first-order chi connectivity index (χ1) is 9.61. The van der Waals surface area contributed by atoms with E-state index in [0.29, 0.717) is 0 Å². The van der Waals surface area contributed by atoms with Gasteiger partial charge in [-0.05, 0) is 17.4 Å². The fourth-order valence-electron chi connectivity index (χ4n) is 1.58. The summed E-state index contributed by atoms with van der Waals surface area (Å²) in [5.74, 6) is -0.481. The molecule has 0 aliphatic carbocycles. The van der Waals surface area contributed by atoms with Gasteiger partial charge in [0.25, 0.3) is 5.69 Å². The molecule has 0 aliphatic heterocycles. The van der Waals surface area contributed by atoms with Gasteiger partial charge in [-0.3, -0.25) is 4.63 Å². The van der Waals surface area contributed by atoms with Crippen LogP contribution < -0.4 is 15.0 Å². The van der Waals surface area contributed by atoms with Crippen LogP contribution in [0, 0.1) is 5.21 Å². The standard InChI is InChI=1S/C12H13N3O5/c1-8(9-5-3-2-4-6-9)13-12(17)19-11-10(7-16)14-20-15(11)18/h2-6,8,16H,7H2,1H3,(H,13,17)/t8-/m1/s1. The van der Waals surface area contributed by atoms with Gasteiger partial charge in [-0.25, -0.2) is 4.79 Å². The summed E-state index contributed by atoms with van der Waals surface area (Å²) in [7, 11) is 0. The summed E-state index contributed by atoms with van der Waals surface area (Å²) >= 11 is 0. The number of ether oxygens (including phenoxy) is 1. The fraction of sp³-hybridized carbons (Fsp3) is 0.250. The van der Waals surface area contributed by atoms with E-state index < -0.39 is 18.6 Å². The van der Waals surface area contributed by atoms with Crippen LogP contribution in [0.2, 0.25) is 0 Å². The van der Waals surface area contributed by atoms with Crippen LogP contribution in [0.1, 0.15) is 24.2 Å². The normalized spacial score (nSPS) is 11.9. The number of nitrogens with one attached hydrogen (secondary N) is 1. The molecule has 2 rings (SSSR count). The molecular weight excluding hydrogens is 266 g/mol. The Morgan fingerprint density at radius 2 is 2.25 bits per heavy atom. The molecule has 0 spiro atoms. The molecule has 0 unspecified atom stereocenters. The van der Waals surface area contributed by atoms with Crippen molar-refractivity contribution in [2.45, 2.75) is 19.6 Å². The maximum absolute atomic E-state index is 11.7. The maximum atomic E-state index is 11.7. The van der Waals surface area contributed by atoms with Crippen molar-refractivity contribution in [2.24, 2.45) is 0 Å². The summed E-state index contributed by atoms with van der Waals surface area (Å²) < 4.78 is 9.01. The Balaban J connectivity index is 2.01. The second kappa shape index (κ2) is 6.02. The highest BCUT2D eigenvalue weighted by molar-refractivity contribution is 5.70. The third kappa shape index (κ3) is 3.04. The predicted octanol–water partition coefficient (Wildman–Crippen LogP) is 0.650. The molecule has 8 nitrogen and oxygen atoms in total. The van der Waals surface area contributed by atoms with Crippen LogP contribution in [0.4, 0.5) is 4.79 Å². The van der Waals surface area contributed by atoms with Crippen molar-refractivity contribution in [3.8, 4) is 5.88 Å². The van der Waals surface area contributed by atoms with Gasteiger partial charge in [-0.2, -0.15) is 0 Å². The number of carbonyl (C=O) groups is 1. The van der Waals surface area contributed by atoms with Crippen LogP contribution >= 0.6 is 0 Å².